The van der Waals surface area contributed by atoms with Gasteiger partial charge in [0.05, 0.1) is 5.60 Å². The van der Waals surface area contributed by atoms with Crippen molar-refractivity contribution in [2.24, 2.45) is 0 Å². The zero-order valence-electron chi connectivity index (χ0n) is 9.54. The predicted octanol–water partition coefficient (Wildman–Crippen LogP) is 2.92. The molecule has 1 aromatic rings. The van der Waals surface area contributed by atoms with E-state index in [1.54, 1.807) is 19.1 Å². The van der Waals surface area contributed by atoms with Crippen molar-refractivity contribution >= 4 is 0 Å². The normalized spacial score (nSPS) is 14.1. The molecule has 0 heterocycles. The van der Waals surface area contributed by atoms with E-state index in [2.05, 4.69) is 5.92 Å². The summed E-state index contributed by atoms with van der Waals surface area (Å²) >= 11 is 0. The van der Waals surface area contributed by atoms with E-state index in [0.717, 1.165) is 12.0 Å². The van der Waals surface area contributed by atoms with Gasteiger partial charge in [-0.15, -0.1) is 12.3 Å². The molecule has 1 N–H and O–H groups in total. The van der Waals surface area contributed by atoms with Gasteiger partial charge < -0.3 is 5.11 Å². The SMILES string of the molecule is C#CCCCC(C)(O)Cc1ccc(F)cc1. The number of aliphatic hydroxyl groups is 1. The maximum absolute atomic E-state index is 12.7. The number of terminal acetylenes is 1. The van der Waals surface area contributed by atoms with Gasteiger partial charge in [-0.05, 0) is 37.5 Å². The maximum Gasteiger partial charge on any atom is 0.123 e. The van der Waals surface area contributed by atoms with E-state index in [-0.39, 0.29) is 5.82 Å². The molecule has 1 aromatic carbocycles. The fourth-order valence-electron chi connectivity index (χ4n) is 1.70. The standard InChI is InChI=1S/C14H17FO/c1-3-4-5-10-14(2,16)11-12-6-8-13(15)9-7-12/h1,6-9,16H,4-5,10-11H2,2H3. The lowest BCUT2D eigenvalue weighted by molar-refractivity contribution is 0.0496. The van der Waals surface area contributed by atoms with Crippen LogP contribution in [0, 0.1) is 18.2 Å². The third kappa shape index (κ3) is 4.46. The van der Waals surface area contributed by atoms with Gasteiger partial charge in [0, 0.05) is 12.8 Å². The Bertz CT molecular complexity index is 359. The Morgan fingerprint density at radius 3 is 2.56 bits per heavy atom. The minimum Gasteiger partial charge on any atom is -0.390 e. The molecular formula is C14H17FO. The predicted molar refractivity (Wildman–Crippen MR) is 63.4 cm³/mol. The number of benzene rings is 1. The van der Waals surface area contributed by atoms with Crippen LogP contribution in [0.1, 0.15) is 31.7 Å². The third-order valence-corrected chi connectivity index (χ3v) is 2.53. The van der Waals surface area contributed by atoms with Crippen molar-refractivity contribution in [1.82, 2.24) is 0 Å². The Hall–Kier alpha value is -1.33. The van der Waals surface area contributed by atoms with Crippen molar-refractivity contribution in [3.8, 4) is 12.3 Å². The average Bonchev–Trinajstić information content (AvgIpc) is 2.21. The molecule has 0 saturated carbocycles. The molecule has 1 atom stereocenters. The minimum atomic E-state index is -0.769. The summed E-state index contributed by atoms with van der Waals surface area (Å²) in [7, 11) is 0. The first-order chi connectivity index (χ1) is 7.53. The minimum absolute atomic E-state index is 0.254. The van der Waals surface area contributed by atoms with Crippen molar-refractivity contribution < 1.29 is 9.50 Å². The molecule has 1 unspecified atom stereocenters. The van der Waals surface area contributed by atoms with E-state index in [0.29, 0.717) is 19.3 Å². The van der Waals surface area contributed by atoms with Gasteiger partial charge in [-0.1, -0.05) is 12.1 Å². The Labute approximate surface area is 96.3 Å². The second-order valence-electron chi connectivity index (χ2n) is 4.36. The maximum atomic E-state index is 12.7. The highest BCUT2D eigenvalue weighted by atomic mass is 19.1. The summed E-state index contributed by atoms with van der Waals surface area (Å²) in [6, 6.07) is 6.22. The Balaban J connectivity index is 2.51. The van der Waals surface area contributed by atoms with E-state index in [9.17, 15) is 9.50 Å². The van der Waals surface area contributed by atoms with Crippen LogP contribution in [0.2, 0.25) is 0 Å². The van der Waals surface area contributed by atoms with Gasteiger partial charge in [-0.25, -0.2) is 4.39 Å². The fraction of sp³-hybridized carbons (Fsp3) is 0.429. The molecule has 0 aliphatic heterocycles. The molecule has 1 rings (SSSR count). The summed E-state index contributed by atoms with van der Waals surface area (Å²) < 4.78 is 12.7. The van der Waals surface area contributed by atoms with Crippen LogP contribution in [-0.2, 0) is 6.42 Å². The number of hydrogen-bond acceptors (Lipinski definition) is 1. The lowest BCUT2D eigenvalue weighted by Crippen LogP contribution is -2.26. The Kier molecular flexibility index (Phi) is 4.52. The Morgan fingerprint density at radius 1 is 1.38 bits per heavy atom. The van der Waals surface area contributed by atoms with Crippen LogP contribution >= 0.6 is 0 Å². The summed E-state index contributed by atoms with van der Waals surface area (Å²) in [6.45, 7) is 1.78. The van der Waals surface area contributed by atoms with Crippen LogP contribution in [0.4, 0.5) is 4.39 Å². The van der Waals surface area contributed by atoms with Crippen molar-refractivity contribution in [2.45, 2.75) is 38.2 Å². The molecule has 0 saturated heterocycles. The van der Waals surface area contributed by atoms with E-state index in [4.69, 9.17) is 6.42 Å². The molecule has 16 heavy (non-hydrogen) atoms. The van der Waals surface area contributed by atoms with Gasteiger partial charge in [0.2, 0.25) is 0 Å². The molecule has 2 heteroatoms. The van der Waals surface area contributed by atoms with Gasteiger partial charge in [-0.3, -0.25) is 0 Å². The highest BCUT2D eigenvalue weighted by molar-refractivity contribution is 5.17. The van der Waals surface area contributed by atoms with Crippen LogP contribution < -0.4 is 0 Å². The van der Waals surface area contributed by atoms with Crippen molar-refractivity contribution in [3.63, 3.8) is 0 Å². The average molecular weight is 220 g/mol. The lowest BCUT2D eigenvalue weighted by Gasteiger charge is -2.23. The molecule has 0 fully saturated rings. The molecule has 0 bridgehead atoms. The molecule has 0 amide bonds. The van der Waals surface area contributed by atoms with Crippen molar-refractivity contribution in [3.05, 3.63) is 35.6 Å². The summed E-state index contributed by atoms with van der Waals surface area (Å²) in [5.41, 5.74) is 0.168. The number of unbranched alkanes of at least 4 members (excludes halogenated alkanes) is 1. The number of halogens is 1. The quantitative estimate of drug-likeness (QED) is 0.597. The zero-order chi connectivity index (χ0) is 12.0. The fourth-order valence-corrected chi connectivity index (χ4v) is 1.70. The second kappa shape index (κ2) is 5.67. The lowest BCUT2D eigenvalue weighted by atomic mass is 9.91. The molecule has 0 radical (unpaired) electrons. The van der Waals surface area contributed by atoms with Crippen LogP contribution in [0.3, 0.4) is 0 Å². The molecule has 0 aliphatic rings. The topological polar surface area (TPSA) is 20.2 Å². The van der Waals surface area contributed by atoms with Gasteiger partial charge in [0.25, 0.3) is 0 Å². The molecule has 0 aliphatic carbocycles. The first-order valence-corrected chi connectivity index (χ1v) is 5.44. The third-order valence-electron chi connectivity index (χ3n) is 2.53. The first kappa shape index (κ1) is 12.7. The number of hydrogen-bond donors (Lipinski definition) is 1. The van der Waals surface area contributed by atoms with Gasteiger partial charge in [0.15, 0.2) is 0 Å². The Morgan fingerprint density at radius 2 is 2.00 bits per heavy atom. The molecular weight excluding hydrogens is 203 g/mol. The zero-order valence-corrected chi connectivity index (χ0v) is 9.54. The summed E-state index contributed by atoms with van der Waals surface area (Å²) in [5, 5.41) is 10.1. The van der Waals surface area contributed by atoms with Gasteiger partial charge >= 0.3 is 0 Å². The summed E-state index contributed by atoms with van der Waals surface area (Å²) in [6.07, 6.45) is 7.83. The first-order valence-electron chi connectivity index (χ1n) is 5.44. The monoisotopic (exact) mass is 220 g/mol. The molecule has 0 spiro atoms. The molecule has 0 aromatic heterocycles. The van der Waals surface area contributed by atoms with E-state index in [1.807, 2.05) is 0 Å². The highest BCUT2D eigenvalue weighted by Crippen LogP contribution is 2.19. The second-order valence-corrected chi connectivity index (χ2v) is 4.36. The van der Waals surface area contributed by atoms with E-state index < -0.39 is 5.60 Å². The van der Waals surface area contributed by atoms with Gasteiger partial charge in [-0.2, -0.15) is 0 Å². The largest absolute Gasteiger partial charge is 0.390 e. The summed E-state index contributed by atoms with van der Waals surface area (Å²) in [5.74, 6) is 2.30. The van der Waals surface area contributed by atoms with Crippen LogP contribution in [0.5, 0.6) is 0 Å². The highest BCUT2D eigenvalue weighted by Gasteiger charge is 2.19. The van der Waals surface area contributed by atoms with Crippen LogP contribution in [0.25, 0.3) is 0 Å². The number of rotatable bonds is 5. The summed E-state index contributed by atoms with van der Waals surface area (Å²) in [4.78, 5) is 0. The van der Waals surface area contributed by atoms with Crippen molar-refractivity contribution in [2.75, 3.05) is 0 Å². The van der Waals surface area contributed by atoms with E-state index in [1.165, 1.54) is 12.1 Å². The van der Waals surface area contributed by atoms with Crippen LogP contribution in [0.15, 0.2) is 24.3 Å². The van der Waals surface area contributed by atoms with Crippen molar-refractivity contribution in [1.29, 1.82) is 0 Å². The molecule has 1 nitrogen and oxygen atoms in total. The van der Waals surface area contributed by atoms with Crippen LogP contribution in [-0.4, -0.2) is 10.7 Å². The van der Waals surface area contributed by atoms with E-state index >= 15 is 0 Å². The smallest absolute Gasteiger partial charge is 0.123 e. The van der Waals surface area contributed by atoms with Gasteiger partial charge in [0.1, 0.15) is 5.82 Å². The molecule has 86 valence electrons.